The first kappa shape index (κ1) is 15.6. The van der Waals surface area contributed by atoms with Gasteiger partial charge in [-0.15, -0.1) is 0 Å². The zero-order valence-corrected chi connectivity index (χ0v) is 14.9. The first-order chi connectivity index (χ1) is 10.8. The standard InChI is InChI=1S/C17H16BrN3O2/c1-9-14(18)13(8-19)21(4)15(9)10-5-6-12-11(7-10)17(2,3)23-16(22)20-12/h5-7H,1-4H3,(H,20,22). The summed E-state index contributed by atoms with van der Waals surface area (Å²) in [6, 6.07) is 8.03. The molecule has 6 heteroatoms. The minimum Gasteiger partial charge on any atom is -0.438 e. The van der Waals surface area contributed by atoms with Crippen molar-refractivity contribution in [2.45, 2.75) is 26.4 Å². The van der Waals surface area contributed by atoms with Crippen LogP contribution in [-0.4, -0.2) is 10.7 Å². The molecule has 0 saturated heterocycles. The zero-order valence-electron chi connectivity index (χ0n) is 13.3. The number of hydrogen-bond acceptors (Lipinski definition) is 3. The minimum atomic E-state index is -0.706. The third-order valence-electron chi connectivity index (χ3n) is 4.20. The van der Waals surface area contributed by atoms with Crippen LogP contribution in [0.25, 0.3) is 11.3 Å². The van der Waals surface area contributed by atoms with Gasteiger partial charge in [-0.2, -0.15) is 5.26 Å². The predicted molar refractivity (Wildman–Crippen MR) is 91.1 cm³/mol. The molecular weight excluding hydrogens is 358 g/mol. The van der Waals surface area contributed by atoms with E-state index in [2.05, 4.69) is 27.3 Å². The number of nitrogens with one attached hydrogen (secondary N) is 1. The van der Waals surface area contributed by atoms with Crippen molar-refractivity contribution in [1.29, 1.82) is 5.26 Å². The van der Waals surface area contributed by atoms with Gasteiger partial charge in [-0.1, -0.05) is 6.07 Å². The maximum Gasteiger partial charge on any atom is 0.412 e. The Bertz CT molecular complexity index is 875. The molecule has 0 radical (unpaired) electrons. The molecule has 0 atom stereocenters. The van der Waals surface area contributed by atoms with Gasteiger partial charge >= 0.3 is 6.09 Å². The number of benzene rings is 1. The monoisotopic (exact) mass is 373 g/mol. The number of nitriles is 1. The Kier molecular flexibility index (Phi) is 3.49. The van der Waals surface area contributed by atoms with Crippen molar-refractivity contribution in [3.05, 3.63) is 39.5 Å². The molecule has 3 rings (SSSR count). The molecule has 1 aromatic carbocycles. The average molecular weight is 374 g/mol. The average Bonchev–Trinajstić information content (AvgIpc) is 2.68. The van der Waals surface area contributed by atoms with Crippen LogP contribution in [0.1, 0.15) is 30.7 Å². The fraction of sp³-hybridized carbons (Fsp3) is 0.294. The van der Waals surface area contributed by atoms with Gasteiger partial charge < -0.3 is 9.30 Å². The third kappa shape index (κ3) is 2.32. The number of aromatic nitrogens is 1. The van der Waals surface area contributed by atoms with E-state index in [0.29, 0.717) is 5.69 Å². The maximum atomic E-state index is 11.6. The molecule has 1 aromatic heterocycles. The van der Waals surface area contributed by atoms with Gasteiger partial charge in [-0.3, -0.25) is 5.32 Å². The summed E-state index contributed by atoms with van der Waals surface area (Å²) < 4.78 is 8.06. The highest BCUT2D eigenvalue weighted by Gasteiger charge is 2.34. The number of hydrogen-bond donors (Lipinski definition) is 1. The highest BCUT2D eigenvalue weighted by molar-refractivity contribution is 9.10. The van der Waals surface area contributed by atoms with Gasteiger partial charge in [0.25, 0.3) is 0 Å². The molecule has 2 aromatic rings. The van der Waals surface area contributed by atoms with Crippen molar-refractivity contribution in [1.82, 2.24) is 4.57 Å². The smallest absolute Gasteiger partial charge is 0.412 e. The highest BCUT2D eigenvalue weighted by atomic mass is 79.9. The Morgan fingerprint density at radius 2 is 2.09 bits per heavy atom. The first-order valence-corrected chi connectivity index (χ1v) is 7.95. The summed E-state index contributed by atoms with van der Waals surface area (Å²) in [5.41, 5.74) is 4.47. The quantitative estimate of drug-likeness (QED) is 0.803. The molecule has 0 saturated carbocycles. The van der Waals surface area contributed by atoms with E-state index in [1.165, 1.54) is 0 Å². The van der Waals surface area contributed by atoms with Crippen molar-refractivity contribution >= 4 is 27.7 Å². The highest BCUT2D eigenvalue weighted by Crippen LogP contribution is 2.40. The lowest BCUT2D eigenvalue weighted by Gasteiger charge is -2.32. The fourth-order valence-corrected chi connectivity index (χ4v) is 3.59. The summed E-state index contributed by atoms with van der Waals surface area (Å²) in [5.74, 6) is 0. The topological polar surface area (TPSA) is 67.0 Å². The maximum absolute atomic E-state index is 11.6. The number of halogens is 1. The Morgan fingerprint density at radius 3 is 2.70 bits per heavy atom. The van der Waals surface area contributed by atoms with Gasteiger partial charge in [0.1, 0.15) is 17.4 Å². The number of fused-ring (bicyclic) bond motifs is 1. The Labute approximate surface area is 143 Å². The van der Waals surface area contributed by atoms with Crippen molar-refractivity contribution in [2.24, 2.45) is 7.05 Å². The number of nitrogens with zero attached hydrogens (tertiary/aromatic N) is 2. The summed E-state index contributed by atoms with van der Waals surface area (Å²) in [6.45, 7) is 5.70. The molecule has 23 heavy (non-hydrogen) atoms. The molecule has 1 aliphatic rings. The second kappa shape index (κ2) is 5.14. The molecule has 2 heterocycles. The summed E-state index contributed by atoms with van der Waals surface area (Å²) in [5, 5.41) is 12.0. The van der Waals surface area contributed by atoms with Crippen LogP contribution >= 0.6 is 15.9 Å². The molecule has 118 valence electrons. The van der Waals surface area contributed by atoms with Gasteiger partial charge in [0.05, 0.1) is 15.9 Å². The van der Waals surface area contributed by atoms with Crippen molar-refractivity contribution in [2.75, 3.05) is 5.32 Å². The predicted octanol–water partition coefficient (Wildman–Crippen LogP) is 4.43. The van der Waals surface area contributed by atoms with E-state index in [1.807, 2.05) is 50.6 Å². The van der Waals surface area contributed by atoms with Crippen LogP contribution in [-0.2, 0) is 17.4 Å². The van der Waals surface area contributed by atoms with Crippen LogP contribution in [0.4, 0.5) is 10.5 Å². The molecule has 0 fully saturated rings. The normalized spacial score (nSPS) is 15.4. The Morgan fingerprint density at radius 1 is 1.39 bits per heavy atom. The molecule has 1 amide bonds. The van der Waals surface area contributed by atoms with E-state index in [1.54, 1.807) is 0 Å². The van der Waals surface area contributed by atoms with Crippen LogP contribution in [0.3, 0.4) is 0 Å². The molecule has 0 bridgehead atoms. The van der Waals surface area contributed by atoms with Gasteiger partial charge in [-0.25, -0.2) is 4.79 Å². The number of carbonyl (C=O) groups excluding carboxylic acids is 1. The molecule has 1 aliphatic heterocycles. The molecule has 5 nitrogen and oxygen atoms in total. The van der Waals surface area contributed by atoms with E-state index in [0.717, 1.165) is 32.5 Å². The molecule has 0 aliphatic carbocycles. The lowest BCUT2D eigenvalue weighted by Crippen LogP contribution is -2.34. The molecular formula is C17H16BrN3O2. The fourth-order valence-electron chi connectivity index (χ4n) is 3.05. The van der Waals surface area contributed by atoms with Gasteiger partial charge in [0.15, 0.2) is 0 Å². The molecule has 0 spiro atoms. The van der Waals surface area contributed by atoms with E-state index in [-0.39, 0.29) is 0 Å². The van der Waals surface area contributed by atoms with Gasteiger partial charge in [0.2, 0.25) is 0 Å². The number of cyclic esters (lactones) is 1. The lowest BCUT2D eigenvalue weighted by atomic mass is 9.92. The number of anilines is 1. The van der Waals surface area contributed by atoms with E-state index in [9.17, 15) is 10.1 Å². The zero-order chi connectivity index (χ0) is 16.9. The summed E-state index contributed by atoms with van der Waals surface area (Å²) in [6.07, 6.45) is -0.445. The van der Waals surface area contributed by atoms with E-state index in [4.69, 9.17) is 4.74 Å². The van der Waals surface area contributed by atoms with Crippen molar-refractivity contribution in [3.63, 3.8) is 0 Å². The summed E-state index contributed by atoms with van der Waals surface area (Å²) >= 11 is 3.49. The number of amides is 1. The largest absolute Gasteiger partial charge is 0.438 e. The number of rotatable bonds is 1. The van der Waals surface area contributed by atoms with Crippen LogP contribution in [0, 0.1) is 18.3 Å². The number of ether oxygens (including phenoxy) is 1. The minimum absolute atomic E-state index is 0.445. The SMILES string of the molecule is Cc1c(Br)c(C#N)n(C)c1-c1ccc2c(c1)C(C)(C)OC(=O)N2. The third-order valence-corrected chi connectivity index (χ3v) is 5.17. The molecule has 0 unspecified atom stereocenters. The van der Waals surface area contributed by atoms with Crippen LogP contribution in [0.2, 0.25) is 0 Å². The molecule has 1 N–H and O–H groups in total. The van der Waals surface area contributed by atoms with Gasteiger partial charge in [0, 0.05) is 12.6 Å². The van der Waals surface area contributed by atoms with Crippen LogP contribution in [0.15, 0.2) is 22.7 Å². The van der Waals surface area contributed by atoms with Crippen molar-refractivity contribution < 1.29 is 9.53 Å². The Hall–Kier alpha value is -2.26. The van der Waals surface area contributed by atoms with Crippen LogP contribution in [0.5, 0.6) is 0 Å². The second-order valence-corrected chi connectivity index (χ2v) is 6.89. The van der Waals surface area contributed by atoms with Crippen molar-refractivity contribution in [3.8, 4) is 17.3 Å². The number of carbonyl (C=O) groups is 1. The summed E-state index contributed by atoms with van der Waals surface area (Å²) in [4.78, 5) is 11.6. The lowest BCUT2D eigenvalue weighted by molar-refractivity contribution is 0.0421. The Balaban J connectivity index is 2.22. The second-order valence-electron chi connectivity index (χ2n) is 6.09. The van der Waals surface area contributed by atoms with E-state index < -0.39 is 11.7 Å². The van der Waals surface area contributed by atoms with E-state index >= 15 is 0 Å². The first-order valence-electron chi connectivity index (χ1n) is 7.16. The van der Waals surface area contributed by atoms with Crippen LogP contribution < -0.4 is 5.32 Å². The van der Waals surface area contributed by atoms with Gasteiger partial charge in [-0.05, 0) is 60.0 Å². The summed E-state index contributed by atoms with van der Waals surface area (Å²) in [7, 11) is 1.87.